The highest BCUT2D eigenvalue weighted by Crippen LogP contribution is 2.36. The monoisotopic (exact) mass is 366 g/mol. The normalized spacial score (nSPS) is 13.1. The van der Waals surface area contributed by atoms with Crippen molar-refractivity contribution >= 4 is 50.5 Å². The van der Waals surface area contributed by atoms with E-state index in [0.717, 1.165) is 4.88 Å². The molecule has 0 spiro atoms. The van der Waals surface area contributed by atoms with Crippen molar-refractivity contribution in [2.45, 2.75) is 6.42 Å². The van der Waals surface area contributed by atoms with Crippen LogP contribution in [0.5, 0.6) is 5.75 Å². The molecule has 2 N–H and O–H groups in total. The van der Waals surface area contributed by atoms with Crippen LogP contribution in [-0.2, 0) is 16.0 Å². The number of hydrogen-bond donors (Lipinski definition) is 2. The topological polar surface area (TPSA) is 67.4 Å². The Hall–Kier alpha value is -1.86. The summed E-state index contributed by atoms with van der Waals surface area (Å²) < 4.78 is 6.02. The number of ether oxygens (including phenoxy) is 1. The van der Waals surface area contributed by atoms with Crippen LogP contribution >= 0.6 is 27.3 Å². The van der Waals surface area contributed by atoms with E-state index in [4.69, 9.17) is 4.74 Å². The molecule has 0 radical (unpaired) electrons. The van der Waals surface area contributed by atoms with Gasteiger partial charge in [-0.15, -0.1) is 11.3 Å². The molecule has 2 aromatic rings. The predicted molar refractivity (Wildman–Crippen MR) is 84.9 cm³/mol. The first-order chi connectivity index (χ1) is 10.1. The fourth-order valence-corrected chi connectivity index (χ4v) is 3.11. The number of hydrogen-bond acceptors (Lipinski definition) is 4. The van der Waals surface area contributed by atoms with Gasteiger partial charge in [0.25, 0.3) is 5.91 Å². The lowest BCUT2D eigenvalue weighted by atomic mass is 10.2. The van der Waals surface area contributed by atoms with Gasteiger partial charge < -0.3 is 15.4 Å². The minimum Gasteiger partial charge on any atom is -0.482 e. The van der Waals surface area contributed by atoms with Crippen LogP contribution in [0.4, 0.5) is 11.4 Å². The first kappa shape index (κ1) is 14.1. The molecule has 1 aliphatic rings. The highest BCUT2D eigenvalue weighted by molar-refractivity contribution is 9.10. The maximum atomic E-state index is 12.0. The first-order valence-corrected chi connectivity index (χ1v) is 7.87. The molecule has 2 heterocycles. The van der Waals surface area contributed by atoms with Crippen LogP contribution in [0.2, 0.25) is 0 Å². The minimum absolute atomic E-state index is 0.0167. The molecule has 1 aromatic heterocycles. The van der Waals surface area contributed by atoms with Gasteiger partial charge in [0, 0.05) is 15.4 Å². The van der Waals surface area contributed by atoms with Gasteiger partial charge in [-0.25, -0.2) is 0 Å². The van der Waals surface area contributed by atoms with Crippen molar-refractivity contribution in [3.05, 3.63) is 39.0 Å². The Kier molecular flexibility index (Phi) is 3.94. The quantitative estimate of drug-likeness (QED) is 0.877. The Morgan fingerprint density at radius 2 is 2.33 bits per heavy atom. The molecule has 0 saturated carbocycles. The average molecular weight is 367 g/mol. The van der Waals surface area contributed by atoms with Gasteiger partial charge in [-0.2, -0.15) is 0 Å². The van der Waals surface area contributed by atoms with E-state index >= 15 is 0 Å². The second-order valence-electron chi connectivity index (χ2n) is 4.47. The van der Waals surface area contributed by atoms with Crippen molar-refractivity contribution in [2.24, 2.45) is 0 Å². The molecule has 3 rings (SSSR count). The molecule has 1 aliphatic heterocycles. The molecular weight excluding hydrogens is 356 g/mol. The van der Waals surface area contributed by atoms with Crippen molar-refractivity contribution in [1.82, 2.24) is 0 Å². The van der Waals surface area contributed by atoms with Gasteiger partial charge in [-0.1, -0.05) is 6.07 Å². The molecule has 1 aromatic carbocycles. The number of thiophene rings is 1. The van der Waals surface area contributed by atoms with E-state index in [0.29, 0.717) is 28.0 Å². The molecule has 0 saturated heterocycles. The van der Waals surface area contributed by atoms with Crippen LogP contribution in [-0.4, -0.2) is 18.4 Å². The summed E-state index contributed by atoms with van der Waals surface area (Å²) in [6.45, 7) is -0.0167. The Bertz CT molecular complexity index is 700. The van der Waals surface area contributed by atoms with Crippen molar-refractivity contribution < 1.29 is 14.3 Å². The molecule has 0 bridgehead atoms. The van der Waals surface area contributed by atoms with Gasteiger partial charge in [-0.05, 0) is 33.4 Å². The lowest BCUT2D eigenvalue weighted by Gasteiger charge is -2.19. The van der Waals surface area contributed by atoms with Crippen LogP contribution < -0.4 is 15.4 Å². The van der Waals surface area contributed by atoms with E-state index in [9.17, 15) is 9.59 Å². The molecular formula is C14H11BrN2O3S. The molecule has 0 aliphatic carbocycles. The maximum absolute atomic E-state index is 12.0. The smallest absolute Gasteiger partial charge is 0.262 e. The fraction of sp³-hybridized carbons (Fsp3) is 0.143. The third kappa shape index (κ3) is 3.25. The lowest BCUT2D eigenvalue weighted by Crippen LogP contribution is -2.25. The number of carbonyl (C=O) groups is 2. The fourth-order valence-electron chi connectivity index (χ4n) is 1.96. The summed E-state index contributed by atoms with van der Waals surface area (Å²) in [5, 5.41) is 7.49. The van der Waals surface area contributed by atoms with Gasteiger partial charge >= 0.3 is 0 Å². The number of amides is 2. The Morgan fingerprint density at radius 1 is 1.48 bits per heavy atom. The van der Waals surface area contributed by atoms with Crippen LogP contribution in [0.15, 0.2) is 34.1 Å². The highest BCUT2D eigenvalue weighted by atomic mass is 79.9. The van der Waals surface area contributed by atoms with Gasteiger partial charge in [-0.3, -0.25) is 9.59 Å². The Morgan fingerprint density at radius 3 is 3.10 bits per heavy atom. The Balaban J connectivity index is 1.76. The highest BCUT2D eigenvalue weighted by Gasteiger charge is 2.18. The summed E-state index contributed by atoms with van der Waals surface area (Å²) in [5.41, 5.74) is 1.21. The standard InChI is InChI=1S/C14H11BrN2O3S/c15-9-5-11-12(20-7-14(19)17-11)6-10(9)16-13(18)4-8-2-1-3-21-8/h1-3,5-6H,4,7H2,(H,16,18)(H,17,19). The number of rotatable bonds is 3. The third-order valence-corrected chi connectivity index (χ3v) is 4.42. The molecule has 21 heavy (non-hydrogen) atoms. The van der Waals surface area contributed by atoms with E-state index < -0.39 is 0 Å². The zero-order valence-electron chi connectivity index (χ0n) is 10.8. The largest absolute Gasteiger partial charge is 0.482 e. The zero-order chi connectivity index (χ0) is 14.8. The van der Waals surface area contributed by atoms with Gasteiger partial charge in [0.15, 0.2) is 6.61 Å². The van der Waals surface area contributed by atoms with E-state index in [1.54, 1.807) is 23.5 Å². The molecule has 0 fully saturated rings. The summed E-state index contributed by atoms with van der Waals surface area (Å²) in [5.74, 6) is 0.256. The van der Waals surface area contributed by atoms with Crippen LogP contribution in [0.25, 0.3) is 0 Å². The maximum Gasteiger partial charge on any atom is 0.262 e. The molecule has 0 atom stereocenters. The summed E-state index contributed by atoms with van der Waals surface area (Å²) in [6.07, 6.45) is 0.332. The van der Waals surface area contributed by atoms with Crippen molar-refractivity contribution in [1.29, 1.82) is 0 Å². The number of benzene rings is 1. The number of fused-ring (bicyclic) bond motifs is 1. The average Bonchev–Trinajstić information content (AvgIpc) is 2.92. The molecule has 5 nitrogen and oxygen atoms in total. The second kappa shape index (κ2) is 5.87. The summed E-state index contributed by atoms with van der Waals surface area (Å²) in [7, 11) is 0. The number of nitrogens with one attached hydrogen (secondary N) is 2. The van der Waals surface area contributed by atoms with E-state index in [1.807, 2.05) is 17.5 Å². The van der Waals surface area contributed by atoms with Gasteiger partial charge in [0.05, 0.1) is 17.8 Å². The third-order valence-electron chi connectivity index (χ3n) is 2.89. The molecule has 2 amide bonds. The van der Waals surface area contributed by atoms with E-state index in [-0.39, 0.29) is 18.4 Å². The van der Waals surface area contributed by atoms with Crippen LogP contribution in [0, 0.1) is 0 Å². The summed E-state index contributed by atoms with van der Waals surface area (Å²) in [4.78, 5) is 24.3. The summed E-state index contributed by atoms with van der Waals surface area (Å²) >= 11 is 4.93. The minimum atomic E-state index is -0.191. The Labute approximate surface area is 133 Å². The second-order valence-corrected chi connectivity index (χ2v) is 6.36. The summed E-state index contributed by atoms with van der Waals surface area (Å²) in [6, 6.07) is 7.25. The molecule has 0 unspecified atom stereocenters. The lowest BCUT2D eigenvalue weighted by molar-refractivity contribution is -0.118. The number of anilines is 2. The zero-order valence-corrected chi connectivity index (χ0v) is 13.2. The molecule has 7 heteroatoms. The SMILES string of the molecule is O=C(Cc1cccs1)Nc1cc2c(cc1Br)NC(=O)CO2. The van der Waals surface area contributed by atoms with Crippen LogP contribution in [0.3, 0.4) is 0 Å². The van der Waals surface area contributed by atoms with E-state index in [2.05, 4.69) is 26.6 Å². The predicted octanol–water partition coefficient (Wildman–Crippen LogP) is 3.02. The number of carbonyl (C=O) groups excluding carboxylic acids is 2. The van der Waals surface area contributed by atoms with Crippen molar-refractivity contribution in [2.75, 3.05) is 17.2 Å². The van der Waals surface area contributed by atoms with E-state index in [1.165, 1.54) is 0 Å². The van der Waals surface area contributed by atoms with Gasteiger partial charge in [0.1, 0.15) is 5.75 Å². The number of halogens is 1. The van der Waals surface area contributed by atoms with Gasteiger partial charge in [0.2, 0.25) is 5.91 Å². The first-order valence-electron chi connectivity index (χ1n) is 6.20. The molecule has 108 valence electrons. The van der Waals surface area contributed by atoms with Crippen molar-refractivity contribution in [3.63, 3.8) is 0 Å². The van der Waals surface area contributed by atoms with Crippen LogP contribution in [0.1, 0.15) is 4.88 Å². The van der Waals surface area contributed by atoms with Crippen molar-refractivity contribution in [3.8, 4) is 5.75 Å².